The van der Waals surface area contributed by atoms with Crippen LogP contribution >= 0.6 is 11.9 Å². The maximum atomic E-state index is 14.7. The fourth-order valence-corrected chi connectivity index (χ4v) is 3.88. The van der Waals surface area contributed by atoms with Crippen LogP contribution in [0.15, 0.2) is 49.6 Å². The van der Waals surface area contributed by atoms with Crippen LogP contribution in [0.5, 0.6) is 5.75 Å². The first-order valence-corrected chi connectivity index (χ1v) is 11.0. The molecular weight excluding hydrogens is 421 g/mol. The molecular formula is C24H29F3N2OS. The smallest absolute Gasteiger partial charge is 0.184 e. The van der Waals surface area contributed by atoms with Gasteiger partial charge in [-0.2, -0.15) is 0 Å². The molecule has 0 saturated heterocycles. The van der Waals surface area contributed by atoms with Gasteiger partial charge in [0.1, 0.15) is 29.5 Å². The number of rotatable bonds is 10. The van der Waals surface area contributed by atoms with Gasteiger partial charge in [0.2, 0.25) is 0 Å². The van der Waals surface area contributed by atoms with E-state index in [2.05, 4.69) is 23.2 Å². The van der Waals surface area contributed by atoms with E-state index in [0.717, 1.165) is 30.9 Å². The van der Waals surface area contributed by atoms with Gasteiger partial charge in [-0.3, -0.25) is 0 Å². The van der Waals surface area contributed by atoms with Crippen molar-refractivity contribution in [3.8, 4) is 5.75 Å². The van der Waals surface area contributed by atoms with Crippen LogP contribution in [0.1, 0.15) is 38.7 Å². The molecule has 31 heavy (non-hydrogen) atoms. The fraction of sp³-hybridized carbons (Fsp3) is 0.333. The Morgan fingerprint density at radius 2 is 1.77 bits per heavy atom. The predicted octanol–water partition coefficient (Wildman–Crippen LogP) is 7.92. The highest BCUT2D eigenvalue weighted by molar-refractivity contribution is 8.02. The number of aryl methyl sites for hydroxylation is 1. The van der Waals surface area contributed by atoms with Crippen LogP contribution in [0.4, 0.5) is 30.2 Å². The number of halogens is 3. The van der Waals surface area contributed by atoms with Gasteiger partial charge in [-0.1, -0.05) is 38.6 Å². The van der Waals surface area contributed by atoms with Crippen LogP contribution in [0.2, 0.25) is 0 Å². The van der Waals surface area contributed by atoms with Crippen molar-refractivity contribution < 1.29 is 17.9 Å². The molecule has 1 saturated carbocycles. The van der Waals surface area contributed by atoms with Crippen molar-refractivity contribution in [1.82, 2.24) is 0 Å². The lowest BCUT2D eigenvalue weighted by molar-refractivity contribution is 0.361. The van der Waals surface area contributed by atoms with Crippen molar-refractivity contribution in [2.45, 2.75) is 44.8 Å². The van der Waals surface area contributed by atoms with Crippen LogP contribution < -0.4 is 14.8 Å². The second-order valence-corrected chi connectivity index (χ2v) is 8.28. The lowest BCUT2D eigenvalue weighted by Crippen LogP contribution is -2.10. The second-order valence-electron chi connectivity index (χ2n) is 7.01. The fourth-order valence-electron chi connectivity index (χ4n) is 2.85. The predicted molar refractivity (Wildman–Crippen MR) is 126 cm³/mol. The highest BCUT2D eigenvalue weighted by Crippen LogP contribution is 2.53. The third-order valence-corrected chi connectivity index (χ3v) is 5.93. The van der Waals surface area contributed by atoms with Gasteiger partial charge in [0.25, 0.3) is 0 Å². The molecule has 168 valence electrons. The number of nitrogens with one attached hydrogen (secondary N) is 2. The Hall–Kier alpha value is -2.54. The molecule has 0 aliphatic heterocycles. The van der Waals surface area contributed by atoms with E-state index in [1.165, 1.54) is 30.2 Å². The van der Waals surface area contributed by atoms with Crippen LogP contribution in [0.25, 0.3) is 0 Å². The number of hydrogen-bond donors (Lipinski definition) is 2. The molecule has 2 aromatic rings. The first kappa shape index (κ1) is 24.7. The standard InChI is InChI=1S/C22H23F3N2OS.C2H6/c1-4-8-22(9-10-22)29-27-20-18(28-11-5-2)13-16(24)19(25)21(20)26-17-7-6-14(3)12-15(17)23;1-2/h4-7,12-13,26-27H,1-2,8-11H2,3H3;1-2H3. The van der Waals surface area contributed by atoms with E-state index >= 15 is 0 Å². The SMILES string of the molecule is C=CCOc1cc(F)c(F)c(Nc2ccc(C)cc2F)c1NSC1(CC=C)CC1.CC. The van der Waals surface area contributed by atoms with E-state index < -0.39 is 17.5 Å². The minimum atomic E-state index is -1.12. The molecule has 1 aliphatic carbocycles. The molecule has 1 fully saturated rings. The average molecular weight is 451 g/mol. The molecule has 0 spiro atoms. The summed E-state index contributed by atoms with van der Waals surface area (Å²) in [6.07, 6.45) is 6.09. The third-order valence-electron chi connectivity index (χ3n) is 4.62. The van der Waals surface area contributed by atoms with Gasteiger partial charge in [-0.15, -0.1) is 6.58 Å². The normalized spacial score (nSPS) is 13.5. The minimum Gasteiger partial charge on any atom is -0.487 e. The first-order valence-electron chi connectivity index (χ1n) is 10.2. The molecule has 3 nitrogen and oxygen atoms in total. The number of anilines is 3. The maximum absolute atomic E-state index is 14.7. The summed E-state index contributed by atoms with van der Waals surface area (Å²) in [4.78, 5) is 0. The van der Waals surface area contributed by atoms with Crippen LogP contribution in [0.3, 0.4) is 0 Å². The van der Waals surface area contributed by atoms with Gasteiger partial charge in [0.05, 0.1) is 5.69 Å². The van der Waals surface area contributed by atoms with E-state index in [-0.39, 0.29) is 34.2 Å². The van der Waals surface area contributed by atoms with E-state index in [1.807, 2.05) is 19.9 Å². The lowest BCUT2D eigenvalue weighted by atomic mass is 10.2. The molecule has 0 bridgehead atoms. The number of benzene rings is 2. The summed E-state index contributed by atoms with van der Waals surface area (Å²) in [5.41, 5.74) is 0.756. The lowest BCUT2D eigenvalue weighted by Gasteiger charge is -2.21. The van der Waals surface area contributed by atoms with Crippen molar-refractivity contribution >= 4 is 29.0 Å². The molecule has 7 heteroatoms. The highest BCUT2D eigenvalue weighted by atomic mass is 32.2. The van der Waals surface area contributed by atoms with Gasteiger partial charge in [0, 0.05) is 10.8 Å². The largest absolute Gasteiger partial charge is 0.487 e. The number of allylic oxidation sites excluding steroid dienone is 1. The van der Waals surface area contributed by atoms with Crippen molar-refractivity contribution in [2.75, 3.05) is 16.6 Å². The zero-order valence-corrected chi connectivity index (χ0v) is 19.0. The molecule has 1 aliphatic rings. The van der Waals surface area contributed by atoms with Crippen molar-refractivity contribution in [2.24, 2.45) is 0 Å². The summed E-state index contributed by atoms with van der Waals surface area (Å²) in [6.45, 7) is 13.2. The molecule has 0 amide bonds. The van der Waals surface area contributed by atoms with Gasteiger partial charge in [-0.05, 0) is 55.8 Å². The van der Waals surface area contributed by atoms with E-state index in [9.17, 15) is 13.2 Å². The number of hydrogen-bond acceptors (Lipinski definition) is 4. The van der Waals surface area contributed by atoms with Crippen molar-refractivity contribution in [3.63, 3.8) is 0 Å². The van der Waals surface area contributed by atoms with Crippen LogP contribution in [-0.4, -0.2) is 11.4 Å². The zero-order chi connectivity index (χ0) is 23.0. The Balaban J connectivity index is 0.00000166. The highest BCUT2D eigenvalue weighted by Gasteiger charge is 2.43. The van der Waals surface area contributed by atoms with Gasteiger partial charge in [0.15, 0.2) is 11.6 Å². The Morgan fingerprint density at radius 3 is 2.35 bits per heavy atom. The molecule has 0 atom stereocenters. The van der Waals surface area contributed by atoms with Gasteiger partial charge >= 0.3 is 0 Å². The van der Waals surface area contributed by atoms with E-state index in [4.69, 9.17) is 4.74 Å². The Bertz CT molecular complexity index is 930. The molecule has 0 unspecified atom stereocenters. The van der Waals surface area contributed by atoms with Gasteiger partial charge in [-0.25, -0.2) is 13.2 Å². The van der Waals surface area contributed by atoms with Gasteiger partial charge < -0.3 is 14.8 Å². The summed E-state index contributed by atoms with van der Waals surface area (Å²) in [5.74, 6) is -2.67. The average Bonchev–Trinajstić information content (AvgIpc) is 3.52. The monoisotopic (exact) mass is 450 g/mol. The Morgan fingerprint density at radius 1 is 1.06 bits per heavy atom. The second kappa shape index (κ2) is 11.2. The molecule has 2 N–H and O–H groups in total. The first-order chi connectivity index (χ1) is 14.9. The molecule has 0 radical (unpaired) electrons. The third kappa shape index (κ3) is 6.23. The quantitative estimate of drug-likeness (QED) is 0.285. The minimum absolute atomic E-state index is 0.0330. The summed E-state index contributed by atoms with van der Waals surface area (Å²) in [6, 6.07) is 5.46. The molecule has 3 rings (SSSR count). The maximum Gasteiger partial charge on any atom is 0.184 e. The van der Waals surface area contributed by atoms with Crippen molar-refractivity contribution in [1.29, 1.82) is 0 Å². The summed E-state index contributed by atoms with van der Waals surface area (Å²) >= 11 is 1.41. The molecule has 0 aromatic heterocycles. The topological polar surface area (TPSA) is 33.3 Å². The van der Waals surface area contributed by atoms with Crippen LogP contribution in [0, 0.1) is 24.4 Å². The zero-order valence-electron chi connectivity index (χ0n) is 18.2. The van der Waals surface area contributed by atoms with E-state index in [0.29, 0.717) is 0 Å². The molecule has 2 aromatic carbocycles. The Kier molecular flexibility index (Phi) is 8.92. The van der Waals surface area contributed by atoms with Crippen LogP contribution in [-0.2, 0) is 0 Å². The summed E-state index contributed by atoms with van der Waals surface area (Å²) in [5, 5.41) is 2.69. The van der Waals surface area contributed by atoms with Crippen molar-refractivity contribution in [3.05, 3.63) is 72.6 Å². The Labute approximate surface area is 186 Å². The summed E-state index contributed by atoms with van der Waals surface area (Å²) < 4.78 is 52.0. The number of ether oxygens (including phenoxy) is 1. The van der Waals surface area contributed by atoms with E-state index in [1.54, 1.807) is 13.0 Å². The summed E-state index contributed by atoms with van der Waals surface area (Å²) in [7, 11) is 0. The molecule has 0 heterocycles.